The van der Waals surface area contributed by atoms with Crippen molar-refractivity contribution in [2.24, 2.45) is 0 Å². The van der Waals surface area contributed by atoms with Crippen molar-refractivity contribution in [1.82, 2.24) is 0 Å². The summed E-state index contributed by atoms with van der Waals surface area (Å²) in [6.07, 6.45) is 0.301. The molecule has 0 heterocycles. The summed E-state index contributed by atoms with van der Waals surface area (Å²) in [5, 5.41) is 1.93. The van der Waals surface area contributed by atoms with Crippen molar-refractivity contribution >= 4 is 19.8 Å². The molecule has 5 heteroatoms. The summed E-state index contributed by atoms with van der Waals surface area (Å²) in [7, 11) is -0.325. The molecule has 0 saturated carbocycles. The normalized spacial score (nSPS) is 12.3. The molecule has 0 radical (unpaired) electrons. The topological polar surface area (TPSA) is 38.8 Å². The Bertz CT molecular complexity index is 938. The number of para-hydroxylation sites is 1. The van der Waals surface area contributed by atoms with Gasteiger partial charge in [0.2, 0.25) is 8.32 Å². The van der Waals surface area contributed by atoms with Crippen molar-refractivity contribution < 1.29 is 14.1 Å². The van der Waals surface area contributed by atoms with Gasteiger partial charge in [0.05, 0.1) is 18.8 Å². The first kappa shape index (κ1) is 21.8. The van der Waals surface area contributed by atoms with Crippen LogP contribution >= 0.6 is 0 Å². The maximum Gasteiger partial charge on any atom is 0.220 e. The third kappa shape index (κ3) is 5.81. The van der Waals surface area contributed by atoms with Crippen LogP contribution in [0.5, 0.6) is 5.75 Å². The van der Waals surface area contributed by atoms with Gasteiger partial charge in [-0.3, -0.25) is 9.86 Å². The number of ketones is 1. The molecule has 0 aliphatic carbocycles. The van der Waals surface area contributed by atoms with E-state index in [0.717, 1.165) is 17.0 Å². The third-order valence-corrected chi connectivity index (χ3v) is 5.39. The van der Waals surface area contributed by atoms with E-state index >= 15 is 0 Å². The molecule has 1 unspecified atom stereocenters. The molecule has 4 nitrogen and oxygen atoms in total. The minimum atomic E-state index is -1.94. The Kier molecular flexibility index (Phi) is 7.08. The van der Waals surface area contributed by atoms with Gasteiger partial charge < -0.3 is 9.26 Å². The minimum Gasteiger partial charge on any atom is -0.497 e. The van der Waals surface area contributed by atoms with Gasteiger partial charge in [0, 0.05) is 12.0 Å². The zero-order valence-electron chi connectivity index (χ0n) is 18.0. The largest absolute Gasteiger partial charge is 0.497 e. The second-order valence-electron chi connectivity index (χ2n) is 8.15. The average molecular weight is 420 g/mol. The van der Waals surface area contributed by atoms with E-state index in [1.54, 1.807) is 7.11 Å². The van der Waals surface area contributed by atoms with Gasteiger partial charge in [-0.15, -0.1) is 0 Å². The summed E-state index contributed by atoms with van der Waals surface area (Å²) in [5.74, 6) is 0.797. The Morgan fingerprint density at radius 2 is 1.43 bits per heavy atom. The molecular formula is C25H29NO3Si. The molecule has 0 bridgehead atoms. The number of carbonyl (C=O) groups is 1. The van der Waals surface area contributed by atoms with Crippen LogP contribution in [0.2, 0.25) is 19.6 Å². The molecule has 30 heavy (non-hydrogen) atoms. The highest BCUT2D eigenvalue weighted by Gasteiger charge is 2.30. The predicted molar refractivity (Wildman–Crippen MR) is 124 cm³/mol. The second-order valence-corrected chi connectivity index (χ2v) is 12.6. The first-order valence-corrected chi connectivity index (χ1v) is 13.5. The Morgan fingerprint density at radius 1 is 0.867 bits per heavy atom. The number of hydrogen-bond acceptors (Lipinski definition) is 4. The van der Waals surface area contributed by atoms with E-state index in [1.807, 2.05) is 77.9 Å². The number of hydrogen-bond donors (Lipinski definition) is 0. The maximum absolute atomic E-state index is 13.2. The first-order valence-electron chi connectivity index (χ1n) is 10.1. The molecule has 3 aromatic rings. The van der Waals surface area contributed by atoms with E-state index < -0.39 is 8.32 Å². The number of Topliss-reactive ketones (excluding diaryl/α,β-unsaturated/α-hetero) is 1. The van der Waals surface area contributed by atoms with Gasteiger partial charge >= 0.3 is 0 Å². The molecule has 0 aliphatic rings. The quantitative estimate of drug-likeness (QED) is 0.232. The van der Waals surface area contributed by atoms with Crippen molar-refractivity contribution in [2.45, 2.75) is 32.1 Å². The number of nitrogens with zero attached hydrogens (tertiary/aromatic N) is 1. The number of methoxy groups -OCH3 is 1. The van der Waals surface area contributed by atoms with Crippen molar-refractivity contribution in [3.8, 4) is 5.75 Å². The second kappa shape index (κ2) is 9.74. The third-order valence-electron chi connectivity index (χ3n) is 4.64. The summed E-state index contributed by atoms with van der Waals surface area (Å²) >= 11 is 0. The van der Waals surface area contributed by atoms with Crippen LogP contribution in [0, 0.1) is 0 Å². The van der Waals surface area contributed by atoms with E-state index in [2.05, 4.69) is 31.8 Å². The predicted octanol–water partition coefficient (Wildman–Crippen LogP) is 6.28. The van der Waals surface area contributed by atoms with Crippen LogP contribution in [0.1, 0.15) is 28.4 Å². The summed E-state index contributed by atoms with van der Waals surface area (Å²) in [6, 6.07) is 27.1. The van der Waals surface area contributed by atoms with Crippen molar-refractivity contribution in [1.29, 1.82) is 0 Å². The zero-order valence-corrected chi connectivity index (χ0v) is 19.0. The van der Waals surface area contributed by atoms with Gasteiger partial charge in [0.25, 0.3) is 0 Å². The molecule has 0 N–H and O–H groups in total. The number of anilines is 1. The number of hydroxylamine groups is 1. The molecule has 3 rings (SSSR count). The monoisotopic (exact) mass is 419 g/mol. The molecule has 0 aromatic heterocycles. The Morgan fingerprint density at radius 3 is 1.97 bits per heavy atom. The summed E-state index contributed by atoms with van der Waals surface area (Å²) in [5.41, 5.74) is 2.65. The highest BCUT2D eigenvalue weighted by molar-refractivity contribution is 6.69. The number of rotatable bonds is 9. The SMILES string of the molecule is COc1ccc(C(=O)CC(c2ccccc2)N(O[Si](C)(C)C)c2ccccc2)cc1. The van der Waals surface area contributed by atoms with E-state index in [9.17, 15) is 4.79 Å². The van der Waals surface area contributed by atoms with Gasteiger partial charge in [-0.1, -0.05) is 48.5 Å². The molecule has 0 amide bonds. The van der Waals surface area contributed by atoms with Gasteiger partial charge in [0.15, 0.2) is 5.78 Å². The van der Waals surface area contributed by atoms with E-state index in [4.69, 9.17) is 9.26 Å². The van der Waals surface area contributed by atoms with Crippen molar-refractivity contribution in [2.75, 3.05) is 12.2 Å². The number of ether oxygens (including phenoxy) is 1. The van der Waals surface area contributed by atoms with Crippen LogP contribution in [0.25, 0.3) is 0 Å². The van der Waals surface area contributed by atoms with Crippen molar-refractivity contribution in [3.05, 3.63) is 96.1 Å². The van der Waals surface area contributed by atoms with Crippen LogP contribution < -0.4 is 9.80 Å². The van der Waals surface area contributed by atoms with E-state index in [0.29, 0.717) is 12.0 Å². The molecule has 3 aromatic carbocycles. The molecule has 0 spiro atoms. The Labute approximate surface area is 180 Å². The fraction of sp³-hybridized carbons (Fsp3) is 0.240. The molecule has 0 aliphatic heterocycles. The lowest BCUT2D eigenvalue weighted by Gasteiger charge is -2.37. The van der Waals surface area contributed by atoms with Gasteiger partial charge in [-0.2, -0.15) is 0 Å². The molecule has 1 atom stereocenters. The van der Waals surface area contributed by atoms with Crippen LogP contribution in [-0.4, -0.2) is 21.2 Å². The fourth-order valence-electron chi connectivity index (χ4n) is 3.25. The highest BCUT2D eigenvalue weighted by Crippen LogP contribution is 2.33. The molecule has 0 saturated heterocycles. The van der Waals surface area contributed by atoms with Crippen LogP contribution in [0.4, 0.5) is 5.69 Å². The van der Waals surface area contributed by atoms with Gasteiger partial charge in [-0.05, 0) is 61.6 Å². The van der Waals surface area contributed by atoms with Crippen LogP contribution in [-0.2, 0) is 4.53 Å². The zero-order chi connectivity index (χ0) is 21.6. The molecule has 0 fully saturated rings. The lowest BCUT2D eigenvalue weighted by molar-refractivity contribution is 0.0953. The lowest BCUT2D eigenvalue weighted by atomic mass is 9.97. The minimum absolute atomic E-state index is 0.0617. The summed E-state index contributed by atoms with van der Waals surface area (Å²) in [4.78, 5) is 13.2. The number of carbonyl (C=O) groups excluding carboxylic acids is 1. The number of benzene rings is 3. The Hall–Kier alpha value is -2.89. The van der Waals surface area contributed by atoms with Gasteiger partial charge in [0.1, 0.15) is 5.75 Å². The van der Waals surface area contributed by atoms with Gasteiger partial charge in [-0.25, -0.2) is 0 Å². The molecule has 156 valence electrons. The smallest absolute Gasteiger partial charge is 0.220 e. The van der Waals surface area contributed by atoms with Crippen molar-refractivity contribution in [3.63, 3.8) is 0 Å². The van der Waals surface area contributed by atoms with Crippen LogP contribution in [0.3, 0.4) is 0 Å². The Balaban J connectivity index is 1.98. The highest BCUT2D eigenvalue weighted by atomic mass is 28.4. The standard InChI is InChI=1S/C25H29NO3Si/c1-28-23-17-15-21(16-18-23)25(27)19-24(20-11-7-5-8-12-20)26(29-30(2,3)4)22-13-9-6-10-14-22/h5-18,24H,19H2,1-4H3. The molecular weight excluding hydrogens is 390 g/mol. The van der Waals surface area contributed by atoms with Crippen LogP contribution in [0.15, 0.2) is 84.9 Å². The maximum atomic E-state index is 13.2. The summed E-state index contributed by atoms with van der Waals surface area (Å²) in [6.45, 7) is 6.45. The lowest BCUT2D eigenvalue weighted by Crippen LogP contribution is -2.40. The van der Waals surface area contributed by atoms with E-state index in [-0.39, 0.29) is 11.8 Å². The summed E-state index contributed by atoms with van der Waals surface area (Å²) < 4.78 is 11.7. The first-order chi connectivity index (χ1) is 14.4. The fourth-order valence-corrected chi connectivity index (χ4v) is 4.07. The van der Waals surface area contributed by atoms with E-state index in [1.165, 1.54) is 0 Å². The average Bonchev–Trinajstić information content (AvgIpc) is 2.76.